The highest BCUT2D eigenvalue weighted by Crippen LogP contribution is 2.43. The van der Waals surface area contributed by atoms with E-state index in [2.05, 4.69) is 15.4 Å². The summed E-state index contributed by atoms with van der Waals surface area (Å²) in [5.74, 6) is 0.829. The second kappa shape index (κ2) is 10.9. The lowest BCUT2D eigenvalue weighted by Crippen LogP contribution is -2.50. The Morgan fingerprint density at radius 2 is 1.82 bits per heavy atom. The van der Waals surface area contributed by atoms with Crippen LogP contribution in [0.3, 0.4) is 0 Å². The van der Waals surface area contributed by atoms with Gasteiger partial charge in [0.15, 0.2) is 0 Å². The molecule has 0 fully saturated rings. The molecule has 38 heavy (non-hydrogen) atoms. The van der Waals surface area contributed by atoms with Crippen LogP contribution in [-0.4, -0.2) is 30.9 Å². The summed E-state index contributed by atoms with van der Waals surface area (Å²) in [7, 11) is -3.97. The summed E-state index contributed by atoms with van der Waals surface area (Å²) in [5.41, 5.74) is 2.99. The second-order valence-corrected chi connectivity index (χ2v) is 11.6. The van der Waals surface area contributed by atoms with Crippen LogP contribution in [0.25, 0.3) is 0 Å². The van der Waals surface area contributed by atoms with E-state index < -0.39 is 33.4 Å². The van der Waals surface area contributed by atoms with E-state index in [0.29, 0.717) is 28.1 Å². The maximum absolute atomic E-state index is 13.4. The molecule has 9 heteroatoms. The van der Waals surface area contributed by atoms with E-state index in [1.165, 1.54) is 6.08 Å². The number of nitrogens with one attached hydrogen (secondary N) is 3. The molecule has 0 spiro atoms. The fraction of sp³-hybridized carbons (Fsp3) is 0.276. The Morgan fingerprint density at radius 3 is 2.47 bits per heavy atom. The number of carbonyl (C=O) groups excluding carboxylic acids is 2. The molecule has 0 aromatic heterocycles. The molecular weight excluding hydrogens is 502 g/mol. The number of amides is 1. The van der Waals surface area contributed by atoms with Gasteiger partial charge in [-0.2, -0.15) is 0 Å². The number of fused-ring (bicyclic) bond motifs is 1. The van der Waals surface area contributed by atoms with Gasteiger partial charge in [-0.05, 0) is 79.4 Å². The van der Waals surface area contributed by atoms with Crippen LogP contribution >= 0.6 is 0 Å². The fourth-order valence-corrected chi connectivity index (χ4v) is 5.96. The van der Waals surface area contributed by atoms with Gasteiger partial charge in [0.25, 0.3) is 5.91 Å². The molecule has 0 bridgehead atoms. The van der Waals surface area contributed by atoms with Gasteiger partial charge in [-0.25, -0.2) is 17.9 Å². The smallest absolute Gasteiger partial charge is 0.255 e. The average Bonchev–Trinajstić information content (AvgIpc) is 2.90. The SMILES string of the molecule is CCc1ccc(S(=O)(=O)N[C@@H]2c3cc(C(=O)Nc4cccc(CO)c4)ccc3NC(C)(C)C2C=C=O)cc1. The van der Waals surface area contributed by atoms with Crippen LogP contribution < -0.4 is 15.4 Å². The average molecular weight is 534 g/mol. The van der Waals surface area contributed by atoms with Crippen molar-refractivity contribution in [1.82, 2.24) is 4.72 Å². The van der Waals surface area contributed by atoms with Crippen LogP contribution in [0, 0.1) is 5.92 Å². The predicted molar refractivity (Wildman–Crippen MR) is 147 cm³/mol. The van der Waals surface area contributed by atoms with Gasteiger partial charge in [-0.15, -0.1) is 0 Å². The normalized spacial score (nSPS) is 18.0. The molecular formula is C29H31N3O5S. The highest BCUT2D eigenvalue weighted by molar-refractivity contribution is 7.89. The number of anilines is 2. The minimum atomic E-state index is -3.97. The van der Waals surface area contributed by atoms with E-state index in [4.69, 9.17) is 0 Å². The largest absolute Gasteiger partial charge is 0.392 e. The number of carbonyl (C=O) groups is 1. The maximum atomic E-state index is 13.4. The summed E-state index contributed by atoms with van der Waals surface area (Å²) in [6.07, 6.45) is 2.10. The van der Waals surface area contributed by atoms with Crippen molar-refractivity contribution in [2.24, 2.45) is 5.92 Å². The number of benzene rings is 3. The number of aryl methyl sites for hydroxylation is 1. The van der Waals surface area contributed by atoms with Gasteiger partial charge in [-0.1, -0.05) is 31.2 Å². The molecule has 1 heterocycles. The van der Waals surface area contributed by atoms with Crippen LogP contribution in [-0.2, 0) is 27.8 Å². The van der Waals surface area contributed by atoms with Crippen molar-refractivity contribution in [1.29, 1.82) is 0 Å². The van der Waals surface area contributed by atoms with Crippen LogP contribution in [0.4, 0.5) is 11.4 Å². The summed E-state index contributed by atoms with van der Waals surface area (Å²) >= 11 is 0. The first-order chi connectivity index (χ1) is 18.1. The van der Waals surface area contributed by atoms with Gasteiger partial charge in [-0.3, -0.25) is 4.79 Å². The molecule has 0 aliphatic carbocycles. The van der Waals surface area contributed by atoms with Crippen molar-refractivity contribution in [3.8, 4) is 0 Å². The van der Waals surface area contributed by atoms with Crippen LogP contribution in [0.2, 0.25) is 0 Å². The number of aliphatic hydroxyl groups excluding tert-OH is 1. The van der Waals surface area contributed by atoms with Gasteiger partial charge in [0, 0.05) is 34.5 Å². The Bertz CT molecular complexity index is 1490. The number of rotatable bonds is 8. The molecule has 8 nitrogen and oxygen atoms in total. The lowest BCUT2D eigenvalue weighted by atomic mass is 9.75. The minimum Gasteiger partial charge on any atom is -0.392 e. The molecule has 0 radical (unpaired) electrons. The van der Waals surface area contributed by atoms with E-state index >= 15 is 0 Å². The molecule has 4 N–H and O–H groups in total. The first-order valence-electron chi connectivity index (χ1n) is 12.3. The van der Waals surface area contributed by atoms with E-state index in [1.54, 1.807) is 66.7 Å². The van der Waals surface area contributed by atoms with Crippen molar-refractivity contribution in [3.05, 3.63) is 95.1 Å². The Morgan fingerprint density at radius 1 is 1.08 bits per heavy atom. The minimum absolute atomic E-state index is 0.110. The van der Waals surface area contributed by atoms with Gasteiger partial charge in [0.1, 0.15) is 5.94 Å². The molecule has 4 rings (SSSR count). The summed E-state index contributed by atoms with van der Waals surface area (Å²) in [4.78, 5) is 24.7. The summed E-state index contributed by atoms with van der Waals surface area (Å²) in [6.45, 7) is 5.59. The van der Waals surface area contributed by atoms with Crippen LogP contribution in [0.5, 0.6) is 0 Å². The van der Waals surface area contributed by atoms with Crippen molar-refractivity contribution < 1.29 is 23.1 Å². The topological polar surface area (TPSA) is 125 Å². The van der Waals surface area contributed by atoms with Gasteiger partial charge < -0.3 is 15.7 Å². The second-order valence-electron chi connectivity index (χ2n) is 9.87. The third-order valence-corrected chi connectivity index (χ3v) is 8.29. The number of sulfonamides is 1. The summed E-state index contributed by atoms with van der Waals surface area (Å²) < 4.78 is 29.7. The van der Waals surface area contributed by atoms with Gasteiger partial charge in [0.2, 0.25) is 10.0 Å². The first-order valence-corrected chi connectivity index (χ1v) is 13.8. The van der Waals surface area contributed by atoms with Crippen molar-refractivity contribution in [2.75, 3.05) is 10.6 Å². The van der Waals surface area contributed by atoms with Crippen molar-refractivity contribution in [3.63, 3.8) is 0 Å². The Hall–Kier alpha value is -3.75. The zero-order chi connectivity index (χ0) is 27.5. The molecule has 198 valence electrons. The van der Waals surface area contributed by atoms with E-state index in [0.717, 1.165) is 12.0 Å². The fourth-order valence-electron chi connectivity index (χ4n) is 4.72. The van der Waals surface area contributed by atoms with Crippen LogP contribution in [0.1, 0.15) is 53.9 Å². The molecule has 3 aromatic carbocycles. The molecule has 1 aliphatic heterocycles. The van der Waals surface area contributed by atoms with Crippen molar-refractivity contribution in [2.45, 2.75) is 50.3 Å². The third-order valence-electron chi connectivity index (χ3n) is 6.84. The predicted octanol–water partition coefficient (Wildman–Crippen LogP) is 4.22. The van der Waals surface area contributed by atoms with Gasteiger partial charge in [0.05, 0.1) is 17.5 Å². The first kappa shape index (κ1) is 27.3. The zero-order valence-corrected chi connectivity index (χ0v) is 22.3. The zero-order valence-electron chi connectivity index (χ0n) is 21.5. The Kier molecular flexibility index (Phi) is 7.85. The molecule has 2 atom stereocenters. The van der Waals surface area contributed by atoms with E-state index in [1.807, 2.05) is 26.7 Å². The standard InChI is InChI=1S/C29H31N3O5S/c1-4-19-8-11-23(12-9-19)38(36,37)32-27-24-17-21(28(35)30-22-7-5-6-20(16-22)18-34)10-13-26(24)31-29(2,3)25(27)14-15-33/h5-14,16-17,25,27,31-32,34H,4,18H2,1-3H3,(H,30,35)/t25?,27-/m1/s1. The van der Waals surface area contributed by atoms with Crippen LogP contribution in [0.15, 0.2) is 77.7 Å². The molecule has 1 amide bonds. The van der Waals surface area contributed by atoms with E-state index in [-0.39, 0.29) is 11.5 Å². The van der Waals surface area contributed by atoms with Crippen molar-refractivity contribution >= 4 is 33.2 Å². The Labute approximate surface area is 222 Å². The summed E-state index contributed by atoms with van der Waals surface area (Å²) in [5, 5.41) is 15.6. The summed E-state index contributed by atoms with van der Waals surface area (Å²) in [6, 6.07) is 17.7. The lowest BCUT2D eigenvalue weighted by molar-refractivity contribution is 0.102. The third kappa shape index (κ3) is 5.71. The molecule has 0 saturated carbocycles. The number of hydrogen-bond acceptors (Lipinski definition) is 6. The molecule has 3 aromatic rings. The van der Waals surface area contributed by atoms with E-state index in [9.17, 15) is 23.1 Å². The molecule has 1 aliphatic rings. The molecule has 0 saturated heterocycles. The number of aliphatic hydroxyl groups is 1. The van der Waals surface area contributed by atoms with Gasteiger partial charge >= 0.3 is 0 Å². The highest BCUT2D eigenvalue weighted by atomic mass is 32.2. The quantitative estimate of drug-likeness (QED) is 0.322. The number of hydrogen-bond donors (Lipinski definition) is 4. The Balaban J connectivity index is 1.73. The maximum Gasteiger partial charge on any atom is 0.255 e. The lowest BCUT2D eigenvalue weighted by Gasteiger charge is -2.44. The highest BCUT2D eigenvalue weighted by Gasteiger charge is 2.43. The monoisotopic (exact) mass is 533 g/mol. The molecule has 1 unspecified atom stereocenters.